The number of phenolic OH excluding ortho intramolecular Hbond substituents is 2. The molecular formula is C21H28O2. The van der Waals surface area contributed by atoms with Gasteiger partial charge in [-0.05, 0) is 86.3 Å². The molecule has 1 atom stereocenters. The van der Waals surface area contributed by atoms with Gasteiger partial charge in [0.1, 0.15) is 11.5 Å². The van der Waals surface area contributed by atoms with Crippen LogP contribution in [-0.2, 0) is 12.8 Å². The van der Waals surface area contributed by atoms with Crippen molar-refractivity contribution in [3.05, 3.63) is 57.6 Å². The van der Waals surface area contributed by atoms with E-state index in [9.17, 15) is 10.2 Å². The lowest BCUT2D eigenvalue weighted by atomic mass is 9.92. The normalized spacial score (nSPS) is 12.4. The second-order valence-corrected chi connectivity index (χ2v) is 7.00. The Morgan fingerprint density at radius 1 is 0.739 bits per heavy atom. The van der Waals surface area contributed by atoms with Gasteiger partial charge >= 0.3 is 0 Å². The molecule has 0 heterocycles. The van der Waals surface area contributed by atoms with Crippen LogP contribution in [0.15, 0.2) is 24.3 Å². The van der Waals surface area contributed by atoms with Gasteiger partial charge in [-0.3, -0.25) is 0 Å². The lowest BCUT2D eigenvalue weighted by Gasteiger charge is -2.14. The molecule has 2 heteroatoms. The summed E-state index contributed by atoms with van der Waals surface area (Å²) in [6, 6.07) is 8.36. The molecule has 0 fully saturated rings. The predicted octanol–water partition coefficient (Wildman–Crippen LogP) is 5.14. The first-order valence-corrected chi connectivity index (χ1v) is 8.36. The van der Waals surface area contributed by atoms with Crippen LogP contribution in [0.3, 0.4) is 0 Å². The Bertz CT molecular complexity index is 655. The van der Waals surface area contributed by atoms with E-state index in [4.69, 9.17) is 0 Å². The number of aryl methyl sites for hydroxylation is 5. The number of benzene rings is 2. The molecule has 23 heavy (non-hydrogen) atoms. The maximum absolute atomic E-state index is 9.87. The van der Waals surface area contributed by atoms with E-state index >= 15 is 0 Å². The molecule has 2 aromatic rings. The fourth-order valence-corrected chi connectivity index (χ4v) is 3.27. The molecule has 1 unspecified atom stereocenters. The van der Waals surface area contributed by atoms with Crippen LogP contribution in [0.1, 0.15) is 46.7 Å². The SMILES string of the molecule is Cc1cc(CCC(C)Cc2cc(C)c(O)c(C)c2)cc(C)c1O. The van der Waals surface area contributed by atoms with Crippen molar-refractivity contribution in [1.29, 1.82) is 0 Å². The molecule has 0 amide bonds. The third-order valence-electron chi connectivity index (χ3n) is 4.61. The van der Waals surface area contributed by atoms with Crippen molar-refractivity contribution < 1.29 is 10.2 Å². The van der Waals surface area contributed by atoms with Gasteiger partial charge in [0.05, 0.1) is 0 Å². The second kappa shape index (κ2) is 7.08. The standard InChI is InChI=1S/C21H28O2/c1-13(8-19-11-16(4)21(23)17(5)12-19)6-7-18-9-14(2)20(22)15(3)10-18/h9-13,22-23H,6-8H2,1-5H3. The summed E-state index contributed by atoms with van der Waals surface area (Å²) < 4.78 is 0. The van der Waals surface area contributed by atoms with Crippen LogP contribution in [0.5, 0.6) is 11.5 Å². The molecule has 0 saturated heterocycles. The smallest absolute Gasteiger partial charge is 0.121 e. The Hall–Kier alpha value is -1.96. The molecule has 0 saturated carbocycles. The summed E-state index contributed by atoms with van der Waals surface area (Å²) in [4.78, 5) is 0. The van der Waals surface area contributed by atoms with Crippen molar-refractivity contribution in [2.45, 2.75) is 53.9 Å². The Balaban J connectivity index is 1.99. The van der Waals surface area contributed by atoms with E-state index in [1.165, 1.54) is 11.1 Å². The van der Waals surface area contributed by atoms with Gasteiger partial charge < -0.3 is 10.2 Å². The Kier molecular flexibility index (Phi) is 5.35. The number of aromatic hydroxyl groups is 2. The highest BCUT2D eigenvalue weighted by Crippen LogP contribution is 2.27. The zero-order valence-corrected chi connectivity index (χ0v) is 14.9. The van der Waals surface area contributed by atoms with Crippen LogP contribution >= 0.6 is 0 Å². The summed E-state index contributed by atoms with van der Waals surface area (Å²) in [6.45, 7) is 10.1. The van der Waals surface area contributed by atoms with Crippen molar-refractivity contribution >= 4 is 0 Å². The monoisotopic (exact) mass is 312 g/mol. The summed E-state index contributed by atoms with van der Waals surface area (Å²) in [6.07, 6.45) is 3.17. The van der Waals surface area contributed by atoms with Crippen molar-refractivity contribution in [2.75, 3.05) is 0 Å². The highest BCUT2D eigenvalue weighted by atomic mass is 16.3. The molecule has 2 aromatic carbocycles. The average molecular weight is 312 g/mol. The lowest BCUT2D eigenvalue weighted by Crippen LogP contribution is -2.03. The number of hydrogen-bond acceptors (Lipinski definition) is 2. The maximum Gasteiger partial charge on any atom is 0.121 e. The molecule has 124 valence electrons. The van der Waals surface area contributed by atoms with Gasteiger partial charge in [-0.25, -0.2) is 0 Å². The molecule has 0 aliphatic rings. The molecule has 2 rings (SSSR count). The predicted molar refractivity (Wildman–Crippen MR) is 96.4 cm³/mol. The highest BCUT2D eigenvalue weighted by molar-refractivity contribution is 5.43. The molecule has 0 aliphatic heterocycles. The number of rotatable bonds is 5. The van der Waals surface area contributed by atoms with E-state index in [-0.39, 0.29) is 0 Å². The van der Waals surface area contributed by atoms with Gasteiger partial charge in [0, 0.05) is 0 Å². The third-order valence-corrected chi connectivity index (χ3v) is 4.61. The van der Waals surface area contributed by atoms with Crippen LogP contribution in [-0.4, -0.2) is 10.2 Å². The van der Waals surface area contributed by atoms with Crippen molar-refractivity contribution in [2.24, 2.45) is 5.92 Å². The second-order valence-electron chi connectivity index (χ2n) is 7.00. The Morgan fingerprint density at radius 3 is 1.57 bits per heavy atom. The first-order chi connectivity index (χ1) is 10.8. The molecule has 0 spiro atoms. The summed E-state index contributed by atoms with van der Waals surface area (Å²) >= 11 is 0. The van der Waals surface area contributed by atoms with Crippen molar-refractivity contribution in [3.63, 3.8) is 0 Å². The van der Waals surface area contributed by atoms with E-state index in [0.29, 0.717) is 17.4 Å². The first kappa shape index (κ1) is 17.4. The fourth-order valence-electron chi connectivity index (χ4n) is 3.27. The largest absolute Gasteiger partial charge is 0.507 e. The summed E-state index contributed by atoms with van der Waals surface area (Å²) in [5.74, 6) is 1.40. The molecule has 0 aromatic heterocycles. The minimum atomic E-state index is 0.413. The van der Waals surface area contributed by atoms with Gasteiger partial charge in [-0.15, -0.1) is 0 Å². The van der Waals surface area contributed by atoms with Crippen LogP contribution in [0.25, 0.3) is 0 Å². The minimum absolute atomic E-state index is 0.413. The molecule has 0 radical (unpaired) electrons. The van der Waals surface area contributed by atoms with Crippen molar-refractivity contribution in [3.8, 4) is 11.5 Å². The Labute approximate surface area is 139 Å². The summed E-state index contributed by atoms with van der Waals surface area (Å²) in [5.41, 5.74) is 6.41. The minimum Gasteiger partial charge on any atom is -0.507 e. The molecule has 2 N–H and O–H groups in total. The summed E-state index contributed by atoms with van der Waals surface area (Å²) in [5, 5.41) is 19.7. The highest BCUT2D eigenvalue weighted by Gasteiger charge is 2.09. The maximum atomic E-state index is 9.87. The van der Waals surface area contributed by atoms with E-state index in [1.807, 2.05) is 27.7 Å². The van der Waals surface area contributed by atoms with Crippen LogP contribution < -0.4 is 0 Å². The van der Waals surface area contributed by atoms with E-state index in [1.54, 1.807) is 0 Å². The topological polar surface area (TPSA) is 40.5 Å². The fraction of sp³-hybridized carbons (Fsp3) is 0.429. The zero-order valence-electron chi connectivity index (χ0n) is 14.9. The van der Waals surface area contributed by atoms with Gasteiger partial charge in [0.2, 0.25) is 0 Å². The molecule has 0 bridgehead atoms. The molecule has 0 aliphatic carbocycles. The molecular weight excluding hydrogens is 284 g/mol. The van der Waals surface area contributed by atoms with Gasteiger partial charge in [0.15, 0.2) is 0 Å². The number of phenols is 2. The van der Waals surface area contributed by atoms with E-state index in [2.05, 4.69) is 31.2 Å². The first-order valence-electron chi connectivity index (χ1n) is 8.36. The Morgan fingerprint density at radius 2 is 1.13 bits per heavy atom. The van der Waals surface area contributed by atoms with Gasteiger partial charge in [-0.2, -0.15) is 0 Å². The van der Waals surface area contributed by atoms with Crippen molar-refractivity contribution in [1.82, 2.24) is 0 Å². The average Bonchev–Trinajstić information content (AvgIpc) is 2.48. The third kappa shape index (κ3) is 4.28. The van der Waals surface area contributed by atoms with Crippen LogP contribution in [0, 0.1) is 33.6 Å². The lowest BCUT2D eigenvalue weighted by molar-refractivity contribution is 0.464. The summed E-state index contributed by atoms with van der Waals surface area (Å²) in [7, 11) is 0. The zero-order chi connectivity index (χ0) is 17.1. The van der Waals surface area contributed by atoms with E-state index in [0.717, 1.165) is 41.5 Å². The quantitative estimate of drug-likeness (QED) is 0.802. The van der Waals surface area contributed by atoms with Gasteiger partial charge in [-0.1, -0.05) is 31.2 Å². The van der Waals surface area contributed by atoms with Crippen LogP contribution in [0.4, 0.5) is 0 Å². The van der Waals surface area contributed by atoms with Crippen LogP contribution in [0.2, 0.25) is 0 Å². The molecule has 2 nitrogen and oxygen atoms in total. The van der Waals surface area contributed by atoms with Gasteiger partial charge in [0.25, 0.3) is 0 Å². The number of hydrogen-bond donors (Lipinski definition) is 2. The van der Waals surface area contributed by atoms with E-state index < -0.39 is 0 Å².